The fourth-order valence-electron chi connectivity index (χ4n) is 5.09. The van der Waals surface area contributed by atoms with Crippen LogP contribution in [0.2, 0.25) is 0 Å². The molecule has 190 valence electrons. The average Bonchev–Trinajstić information content (AvgIpc) is 3.42. The summed E-state index contributed by atoms with van der Waals surface area (Å²) in [5.74, 6) is 3.89. The molecule has 0 unspecified atom stereocenters. The van der Waals surface area contributed by atoms with Crippen molar-refractivity contribution in [2.75, 3.05) is 13.7 Å². The van der Waals surface area contributed by atoms with Crippen LogP contribution in [0, 0.1) is 11.8 Å². The van der Waals surface area contributed by atoms with Crippen molar-refractivity contribution in [2.45, 2.75) is 49.7 Å². The maximum atomic E-state index is 11.6. The molecule has 2 fully saturated rings. The van der Waals surface area contributed by atoms with Gasteiger partial charge in [-0.15, -0.1) is 0 Å². The summed E-state index contributed by atoms with van der Waals surface area (Å²) in [6, 6.07) is 30.5. The van der Waals surface area contributed by atoms with Crippen LogP contribution in [-0.4, -0.2) is 49.9 Å². The second-order valence-electron chi connectivity index (χ2n) is 9.51. The Labute approximate surface area is 217 Å². The highest BCUT2D eigenvalue weighted by Gasteiger charge is 2.55. The first kappa shape index (κ1) is 25.2. The fraction of sp³-hybridized carbons (Fsp3) is 0.323. The third-order valence-electron chi connectivity index (χ3n) is 6.66. The molecule has 0 aromatic heterocycles. The minimum atomic E-state index is -0.895. The zero-order valence-electron chi connectivity index (χ0n) is 21.1. The van der Waals surface area contributed by atoms with Crippen molar-refractivity contribution in [1.82, 2.24) is 0 Å². The first-order chi connectivity index (χ1) is 17.9. The van der Waals surface area contributed by atoms with Gasteiger partial charge >= 0.3 is 5.97 Å². The third-order valence-corrected chi connectivity index (χ3v) is 6.66. The number of hydrogen-bond acceptors (Lipinski definition) is 6. The lowest BCUT2D eigenvalue weighted by Crippen LogP contribution is -2.39. The number of carbonyl (C=O) groups excluding carboxylic acids is 1. The topological polar surface area (TPSA) is 63.2 Å². The molecule has 2 aliphatic heterocycles. The molecule has 2 heterocycles. The summed E-state index contributed by atoms with van der Waals surface area (Å²) in [5, 5.41) is 0. The van der Waals surface area contributed by atoms with Crippen molar-refractivity contribution in [2.24, 2.45) is 0 Å². The van der Waals surface area contributed by atoms with Crippen LogP contribution in [0.1, 0.15) is 30.5 Å². The van der Waals surface area contributed by atoms with Crippen LogP contribution in [0.15, 0.2) is 91.0 Å². The van der Waals surface area contributed by atoms with E-state index in [-0.39, 0.29) is 6.61 Å². The molecule has 6 nitrogen and oxygen atoms in total. The van der Waals surface area contributed by atoms with Gasteiger partial charge in [-0.2, -0.15) is 0 Å². The normalized spacial score (nSPS) is 24.1. The zero-order chi connectivity index (χ0) is 25.9. The summed E-state index contributed by atoms with van der Waals surface area (Å²) in [6.45, 7) is 3.92. The van der Waals surface area contributed by atoms with Gasteiger partial charge in [-0.25, -0.2) is 4.79 Å². The van der Waals surface area contributed by atoms with Crippen molar-refractivity contribution in [3.05, 3.63) is 108 Å². The molecule has 0 amide bonds. The van der Waals surface area contributed by atoms with Gasteiger partial charge in [-0.3, -0.25) is 0 Å². The lowest BCUT2D eigenvalue weighted by molar-refractivity contribution is -0.189. The number of benzene rings is 3. The second kappa shape index (κ2) is 10.5. The largest absolute Gasteiger partial charge is 0.459 e. The van der Waals surface area contributed by atoms with Crippen LogP contribution in [-0.2, 0) is 34.1 Å². The SMILES string of the molecule is COC(=O)C#C[C@@H]1O[C@H](COC(c2ccccc2)(c2ccccc2)c2ccccc2)[C@H]2OC(C)(C)O[C@H]21. The van der Waals surface area contributed by atoms with E-state index in [4.69, 9.17) is 18.9 Å². The third kappa shape index (κ3) is 5.04. The number of carbonyl (C=O) groups is 1. The van der Waals surface area contributed by atoms with E-state index in [1.807, 2.05) is 68.4 Å². The molecular weight excluding hydrogens is 468 g/mol. The summed E-state index contributed by atoms with van der Waals surface area (Å²) in [7, 11) is 1.29. The molecule has 6 heteroatoms. The fourth-order valence-corrected chi connectivity index (χ4v) is 5.09. The lowest BCUT2D eigenvalue weighted by atomic mass is 9.80. The van der Waals surface area contributed by atoms with E-state index >= 15 is 0 Å². The zero-order valence-corrected chi connectivity index (χ0v) is 21.1. The van der Waals surface area contributed by atoms with E-state index in [0.717, 1.165) is 16.7 Å². The van der Waals surface area contributed by atoms with Crippen LogP contribution >= 0.6 is 0 Å². The molecule has 5 rings (SSSR count). The second-order valence-corrected chi connectivity index (χ2v) is 9.51. The van der Waals surface area contributed by atoms with Gasteiger partial charge in [0.25, 0.3) is 0 Å². The number of esters is 1. The van der Waals surface area contributed by atoms with E-state index in [0.29, 0.717) is 0 Å². The number of rotatable bonds is 6. The van der Waals surface area contributed by atoms with E-state index in [1.54, 1.807) is 0 Å². The van der Waals surface area contributed by atoms with Gasteiger partial charge in [-0.05, 0) is 30.5 Å². The van der Waals surface area contributed by atoms with Crippen LogP contribution < -0.4 is 0 Å². The minimum Gasteiger partial charge on any atom is -0.459 e. The highest BCUT2D eigenvalue weighted by molar-refractivity contribution is 5.88. The van der Waals surface area contributed by atoms with Gasteiger partial charge in [0.1, 0.15) is 30.0 Å². The maximum Gasteiger partial charge on any atom is 0.384 e. The minimum absolute atomic E-state index is 0.204. The summed E-state index contributed by atoms with van der Waals surface area (Å²) in [4.78, 5) is 11.6. The number of hydrogen-bond donors (Lipinski definition) is 0. The molecule has 2 aliphatic rings. The number of fused-ring (bicyclic) bond motifs is 1. The van der Waals surface area contributed by atoms with E-state index in [2.05, 4.69) is 53.0 Å². The Hall–Kier alpha value is -3.47. The lowest BCUT2D eigenvalue weighted by Gasteiger charge is -2.37. The van der Waals surface area contributed by atoms with Gasteiger partial charge in [0.05, 0.1) is 13.7 Å². The Balaban J connectivity index is 1.52. The maximum absolute atomic E-state index is 11.6. The summed E-state index contributed by atoms with van der Waals surface area (Å²) in [6.07, 6.45) is -1.99. The molecule has 0 aliphatic carbocycles. The monoisotopic (exact) mass is 498 g/mol. The Morgan fingerprint density at radius 3 is 1.81 bits per heavy atom. The van der Waals surface area contributed by atoms with Gasteiger partial charge in [-0.1, -0.05) is 96.9 Å². The Morgan fingerprint density at radius 2 is 1.32 bits per heavy atom. The van der Waals surface area contributed by atoms with Gasteiger partial charge in [0.15, 0.2) is 5.79 Å². The molecule has 3 aromatic carbocycles. The van der Waals surface area contributed by atoms with Gasteiger partial charge < -0.3 is 23.7 Å². The number of methoxy groups -OCH3 is 1. The first-order valence-corrected chi connectivity index (χ1v) is 12.3. The highest BCUT2D eigenvalue weighted by Crippen LogP contribution is 2.43. The molecule has 0 bridgehead atoms. The molecular formula is C31H30O6. The number of ether oxygens (including phenoxy) is 5. The van der Waals surface area contributed by atoms with Crippen molar-refractivity contribution >= 4 is 5.97 Å². The van der Waals surface area contributed by atoms with Crippen molar-refractivity contribution < 1.29 is 28.5 Å². The first-order valence-electron chi connectivity index (χ1n) is 12.3. The van der Waals surface area contributed by atoms with E-state index in [1.165, 1.54) is 7.11 Å². The molecule has 2 saturated heterocycles. The summed E-state index contributed by atoms with van der Waals surface area (Å²) < 4.78 is 30.2. The van der Waals surface area contributed by atoms with Gasteiger partial charge in [0.2, 0.25) is 0 Å². The molecule has 4 atom stereocenters. The Bertz CT molecular complexity index is 1170. The summed E-state index contributed by atoms with van der Waals surface area (Å²) >= 11 is 0. The predicted octanol–water partition coefficient (Wildman–Crippen LogP) is 4.46. The van der Waals surface area contributed by atoms with E-state index < -0.39 is 41.8 Å². The van der Waals surface area contributed by atoms with Crippen LogP contribution in [0.4, 0.5) is 0 Å². The van der Waals surface area contributed by atoms with E-state index in [9.17, 15) is 4.79 Å². The van der Waals surface area contributed by atoms with Crippen molar-refractivity contribution in [1.29, 1.82) is 0 Å². The van der Waals surface area contributed by atoms with Crippen LogP contribution in [0.5, 0.6) is 0 Å². The smallest absolute Gasteiger partial charge is 0.384 e. The van der Waals surface area contributed by atoms with Gasteiger partial charge in [0, 0.05) is 5.92 Å². The standard InChI is InChI=1S/C31H30O6/c1-30(2)36-28-25(19-20-27(32)33-3)35-26(29(28)37-30)21-34-31(22-13-7-4-8-14-22,23-15-9-5-10-16-23)24-17-11-6-12-18-24/h4-18,25-26,28-29H,21H2,1-3H3/t25-,26+,28-,29+/m0/s1. The quantitative estimate of drug-likeness (QED) is 0.217. The average molecular weight is 499 g/mol. The Morgan fingerprint density at radius 1 is 0.838 bits per heavy atom. The molecule has 37 heavy (non-hydrogen) atoms. The molecule has 0 radical (unpaired) electrons. The Kier molecular flexibility index (Phi) is 7.14. The molecule has 0 saturated carbocycles. The van der Waals surface area contributed by atoms with Crippen LogP contribution in [0.3, 0.4) is 0 Å². The molecule has 3 aromatic rings. The predicted molar refractivity (Wildman–Crippen MR) is 137 cm³/mol. The van der Waals surface area contributed by atoms with Crippen molar-refractivity contribution in [3.63, 3.8) is 0 Å². The van der Waals surface area contributed by atoms with Crippen molar-refractivity contribution in [3.8, 4) is 11.8 Å². The van der Waals surface area contributed by atoms with Crippen LogP contribution in [0.25, 0.3) is 0 Å². The molecule has 0 N–H and O–H groups in total. The molecule has 0 spiro atoms. The highest BCUT2D eigenvalue weighted by atomic mass is 16.8. The summed E-state index contributed by atoms with van der Waals surface area (Å²) in [5.41, 5.74) is 2.08.